The Morgan fingerprint density at radius 2 is 2.14 bits per heavy atom. The summed E-state index contributed by atoms with van der Waals surface area (Å²) in [4.78, 5) is 0. The second-order valence-electron chi connectivity index (χ2n) is 2.79. The summed E-state index contributed by atoms with van der Waals surface area (Å²) in [5.41, 5.74) is 1.91. The zero-order chi connectivity index (χ0) is 9.80. The number of aromatic nitrogens is 2. The number of para-hydroxylation sites is 1. The highest BCUT2D eigenvalue weighted by atomic mass is 15.3. The van der Waals surface area contributed by atoms with E-state index in [1.165, 1.54) is 0 Å². The first kappa shape index (κ1) is 8.50. The van der Waals surface area contributed by atoms with Gasteiger partial charge in [0.2, 0.25) is 0 Å². The molecular weight excluding hydrogens is 176 g/mol. The lowest BCUT2D eigenvalue weighted by Crippen LogP contribution is -1.99. The Balaban J connectivity index is 2.52. The number of rotatable bonds is 2. The van der Waals surface area contributed by atoms with Crippen molar-refractivity contribution in [1.29, 1.82) is 0 Å². The van der Waals surface area contributed by atoms with Gasteiger partial charge in [0.1, 0.15) is 0 Å². The molecule has 0 saturated heterocycles. The summed E-state index contributed by atoms with van der Waals surface area (Å²) in [7, 11) is 0. The molecule has 0 spiro atoms. The van der Waals surface area contributed by atoms with Gasteiger partial charge < -0.3 is 5.84 Å². The third kappa shape index (κ3) is 1.50. The fourth-order valence-electron chi connectivity index (χ4n) is 1.30. The third-order valence-electron chi connectivity index (χ3n) is 1.90. The van der Waals surface area contributed by atoms with Crippen LogP contribution in [0.5, 0.6) is 0 Å². The van der Waals surface area contributed by atoms with Crippen LogP contribution in [0.25, 0.3) is 5.69 Å². The SMILES string of the molecule is NN=Cc1ccccc1-n1cccn1. The molecule has 1 heterocycles. The van der Waals surface area contributed by atoms with Gasteiger partial charge >= 0.3 is 0 Å². The lowest BCUT2D eigenvalue weighted by atomic mass is 10.2. The average molecular weight is 186 g/mol. The van der Waals surface area contributed by atoms with Crippen LogP contribution in [0.3, 0.4) is 0 Å². The first-order valence-electron chi connectivity index (χ1n) is 4.24. The van der Waals surface area contributed by atoms with E-state index in [2.05, 4.69) is 10.2 Å². The molecule has 70 valence electrons. The van der Waals surface area contributed by atoms with Crippen LogP contribution in [0.1, 0.15) is 5.56 Å². The van der Waals surface area contributed by atoms with Crippen molar-refractivity contribution in [1.82, 2.24) is 9.78 Å². The standard InChI is InChI=1S/C10H10N4/c11-12-8-9-4-1-2-5-10(9)14-7-3-6-13-14/h1-8H,11H2. The molecule has 4 nitrogen and oxygen atoms in total. The highest BCUT2D eigenvalue weighted by Gasteiger charge is 2.00. The molecule has 0 bridgehead atoms. The molecule has 0 atom stereocenters. The van der Waals surface area contributed by atoms with Crippen molar-refractivity contribution in [3.63, 3.8) is 0 Å². The largest absolute Gasteiger partial charge is 0.323 e. The Hall–Kier alpha value is -2.10. The number of hydrogen-bond acceptors (Lipinski definition) is 3. The minimum atomic E-state index is 0.943. The average Bonchev–Trinajstić information content (AvgIpc) is 2.72. The van der Waals surface area contributed by atoms with Crippen LogP contribution >= 0.6 is 0 Å². The van der Waals surface area contributed by atoms with Crippen molar-refractivity contribution in [2.24, 2.45) is 10.9 Å². The van der Waals surface area contributed by atoms with Gasteiger partial charge in [-0.2, -0.15) is 10.2 Å². The number of nitrogens with zero attached hydrogens (tertiary/aromatic N) is 3. The van der Waals surface area contributed by atoms with E-state index in [1.54, 1.807) is 17.1 Å². The Labute approximate surface area is 81.7 Å². The number of nitrogens with two attached hydrogens (primary N) is 1. The van der Waals surface area contributed by atoms with Crippen molar-refractivity contribution in [3.8, 4) is 5.69 Å². The minimum absolute atomic E-state index is 0.943. The summed E-state index contributed by atoms with van der Waals surface area (Å²) in [6.07, 6.45) is 5.22. The molecule has 0 radical (unpaired) electrons. The van der Waals surface area contributed by atoms with E-state index in [4.69, 9.17) is 5.84 Å². The van der Waals surface area contributed by atoms with Crippen molar-refractivity contribution >= 4 is 6.21 Å². The van der Waals surface area contributed by atoms with Crippen molar-refractivity contribution in [2.75, 3.05) is 0 Å². The van der Waals surface area contributed by atoms with Gasteiger partial charge in [-0.15, -0.1) is 0 Å². The second kappa shape index (κ2) is 3.74. The zero-order valence-corrected chi connectivity index (χ0v) is 7.54. The summed E-state index contributed by atoms with van der Waals surface area (Å²) in [5, 5.41) is 7.65. The van der Waals surface area contributed by atoms with Gasteiger partial charge in [0.05, 0.1) is 11.9 Å². The fourth-order valence-corrected chi connectivity index (χ4v) is 1.30. The van der Waals surface area contributed by atoms with Crippen LogP contribution < -0.4 is 5.84 Å². The summed E-state index contributed by atoms with van der Waals surface area (Å²) < 4.78 is 1.77. The number of hydrazone groups is 1. The molecule has 0 amide bonds. The summed E-state index contributed by atoms with van der Waals surface area (Å²) in [6, 6.07) is 9.66. The minimum Gasteiger partial charge on any atom is -0.323 e. The molecule has 0 aliphatic rings. The maximum Gasteiger partial charge on any atom is 0.0733 e. The van der Waals surface area contributed by atoms with Gasteiger partial charge in [0.15, 0.2) is 0 Å². The normalized spacial score (nSPS) is 10.9. The lowest BCUT2D eigenvalue weighted by molar-refractivity contribution is 0.879. The van der Waals surface area contributed by atoms with E-state index in [1.807, 2.05) is 36.5 Å². The Morgan fingerprint density at radius 1 is 1.29 bits per heavy atom. The van der Waals surface area contributed by atoms with Crippen LogP contribution in [0, 0.1) is 0 Å². The molecule has 0 unspecified atom stereocenters. The molecule has 1 aromatic carbocycles. The summed E-state index contributed by atoms with van der Waals surface area (Å²) >= 11 is 0. The molecule has 0 fully saturated rings. The second-order valence-corrected chi connectivity index (χ2v) is 2.79. The molecule has 4 heteroatoms. The van der Waals surface area contributed by atoms with Gasteiger partial charge in [-0.25, -0.2) is 4.68 Å². The molecule has 2 rings (SSSR count). The lowest BCUT2D eigenvalue weighted by Gasteiger charge is -2.04. The molecule has 14 heavy (non-hydrogen) atoms. The molecule has 1 aromatic heterocycles. The van der Waals surface area contributed by atoms with Crippen LogP contribution in [0.15, 0.2) is 47.8 Å². The van der Waals surface area contributed by atoms with E-state index in [-0.39, 0.29) is 0 Å². The Morgan fingerprint density at radius 3 is 2.86 bits per heavy atom. The predicted molar refractivity (Wildman–Crippen MR) is 55.3 cm³/mol. The van der Waals surface area contributed by atoms with E-state index in [9.17, 15) is 0 Å². The van der Waals surface area contributed by atoms with Crippen LogP contribution in [-0.2, 0) is 0 Å². The van der Waals surface area contributed by atoms with Gasteiger partial charge in [0, 0.05) is 18.0 Å². The molecule has 0 aliphatic heterocycles. The number of benzene rings is 1. The molecule has 2 N–H and O–H groups in total. The maximum absolute atomic E-state index is 5.12. The molecular formula is C10H10N4. The zero-order valence-electron chi connectivity index (χ0n) is 7.54. The molecule has 0 saturated carbocycles. The van der Waals surface area contributed by atoms with Crippen molar-refractivity contribution < 1.29 is 0 Å². The first-order valence-corrected chi connectivity index (χ1v) is 4.24. The van der Waals surface area contributed by atoms with Gasteiger partial charge in [0.25, 0.3) is 0 Å². The Kier molecular flexibility index (Phi) is 2.27. The molecule has 0 aliphatic carbocycles. The van der Waals surface area contributed by atoms with Crippen LogP contribution in [0.4, 0.5) is 0 Å². The van der Waals surface area contributed by atoms with Gasteiger partial charge in [-0.1, -0.05) is 18.2 Å². The van der Waals surface area contributed by atoms with E-state index >= 15 is 0 Å². The van der Waals surface area contributed by atoms with Crippen LogP contribution in [-0.4, -0.2) is 16.0 Å². The van der Waals surface area contributed by atoms with E-state index in [0.717, 1.165) is 11.3 Å². The quantitative estimate of drug-likeness (QED) is 0.434. The van der Waals surface area contributed by atoms with Crippen molar-refractivity contribution in [3.05, 3.63) is 48.3 Å². The maximum atomic E-state index is 5.12. The van der Waals surface area contributed by atoms with Crippen LogP contribution in [0.2, 0.25) is 0 Å². The topological polar surface area (TPSA) is 56.2 Å². The van der Waals surface area contributed by atoms with Gasteiger partial charge in [-0.3, -0.25) is 0 Å². The van der Waals surface area contributed by atoms with Gasteiger partial charge in [-0.05, 0) is 12.1 Å². The number of hydrogen-bond donors (Lipinski definition) is 1. The third-order valence-corrected chi connectivity index (χ3v) is 1.90. The highest BCUT2D eigenvalue weighted by Crippen LogP contribution is 2.10. The monoisotopic (exact) mass is 186 g/mol. The Bertz CT molecular complexity index is 431. The van der Waals surface area contributed by atoms with Crippen molar-refractivity contribution in [2.45, 2.75) is 0 Å². The summed E-state index contributed by atoms with van der Waals surface area (Å²) in [6.45, 7) is 0. The summed E-state index contributed by atoms with van der Waals surface area (Å²) in [5.74, 6) is 5.12. The molecule has 2 aromatic rings. The van der Waals surface area contributed by atoms with E-state index in [0.29, 0.717) is 0 Å². The highest BCUT2D eigenvalue weighted by molar-refractivity contribution is 5.84. The smallest absolute Gasteiger partial charge is 0.0733 e. The first-order chi connectivity index (χ1) is 6.92. The van der Waals surface area contributed by atoms with E-state index < -0.39 is 0 Å². The predicted octanol–water partition coefficient (Wildman–Crippen LogP) is 1.16. The fraction of sp³-hybridized carbons (Fsp3) is 0.